The first kappa shape index (κ1) is 26.2. The number of nitrogens with zero attached hydrogens (tertiary/aromatic N) is 6. The van der Waals surface area contributed by atoms with Gasteiger partial charge in [0.25, 0.3) is 6.43 Å². The van der Waals surface area contributed by atoms with E-state index in [4.69, 9.17) is 10.3 Å². The lowest BCUT2D eigenvalue weighted by molar-refractivity contribution is 0.163. The van der Waals surface area contributed by atoms with E-state index in [1.807, 2.05) is 19.9 Å². The fourth-order valence-corrected chi connectivity index (χ4v) is 4.57. The Bertz CT molecular complexity index is 1290. The maximum Gasteiger partial charge on any atom is 0.255 e. The van der Waals surface area contributed by atoms with Crippen molar-refractivity contribution < 1.29 is 13.5 Å². The number of nitriles is 1. The summed E-state index contributed by atoms with van der Waals surface area (Å²) in [5.41, 5.74) is 9.69. The molecule has 2 aromatic heterocycles. The number of benzene rings is 1. The highest BCUT2D eigenvalue weighted by molar-refractivity contribution is 5.87. The van der Waals surface area contributed by atoms with Gasteiger partial charge in [-0.1, -0.05) is 6.07 Å². The molecule has 12 heteroatoms. The van der Waals surface area contributed by atoms with Gasteiger partial charge in [0.15, 0.2) is 0 Å². The fourth-order valence-electron chi connectivity index (χ4n) is 4.57. The minimum absolute atomic E-state index is 0.197. The highest BCUT2D eigenvalue weighted by atomic mass is 19.3. The molecule has 1 aliphatic heterocycles. The number of hydrogen-bond acceptors (Lipinski definition) is 9. The Morgan fingerprint density at radius 3 is 2.70 bits per heavy atom. The molecular formula is C25H31F2N9O. The maximum absolute atomic E-state index is 12.7. The number of alkyl halides is 2. The Kier molecular flexibility index (Phi) is 7.83. The van der Waals surface area contributed by atoms with E-state index < -0.39 is 13.0 Å². The zero-order valence-electron chi connectivity index (χ0n) is 21.1. The third kappa shape index (κ3) is 6.11. The second-order valence-electron chi connectivity index (χ2n) is 9.77. The molecule has 0 atom stereocenters. The molecule has 3 heterocycles. The lowest BCUT2D eigenvalue weighted by atomic mass is 9.93. The highest BCUT2D eigenvalue weighted by Crippen LogP contribution is 2.36. The van der Waals surface area contributed by atoms with E-state index in [9.17, 15) is 14.0 Å². The molecule has 0 aliphatic carbocycles. The third-order valence-electron chi connectivity index (χ3n) is 6.39. The molecule has 3 N–H and O–H groups in total. The number of rotatable bonds is 10. The summed E-state index contributed by atoms with van der Waals surface area (Å²) in [6.07, 6.45) is 1.07. The van der Waals surface area contributed by atoms with Gasteiger partial charge in [-0.25, -0.2) is 18.8 Å². The summed E-state index contributed by atoms with van der Waals surface area (Å²) in [5, 5.41) is 23.4. The van der Waals surface area contributed by atoms with Crippen molar-refractivity contribution in [1.29, 1.82) is 10.8 Å². The predicted molar refractivity (Wildman–Crippen MR) is 137 cm³/mol. The second kappa shape index (κ2) is 11.0. The topological polar surface area (TPSA) is 127 Å². The molecule has 3 aromatic rings. The third-order valence-corrected chi connectivity index (χ3v) is 6.39. The molecule has 0 unspecified atom stereocenters. The number of aromatic nitrogens is 3. The predicted octanol–water partition coefficient (Wildman–Crippen LogP) is 5.17. The lowest BCUT2D eigenvalue weighted by Crippen LogP contribution is -2.43. The van der Waals surface area contributed by atoms with Gasteiger partial charge in [-0.3, -0.25) is 0 Å². The smallest absolute Gasteiger partial charge is 0.255 e. The summed E-state index contributed by atoms with van der Waals surface area (Å²) in [7, 11) is 1.54. The zero-order chi connectivity index (χ0) is 26.6. The van der Waals surface area contributed by atoms with E-state index >= 15 is 0 Å². The van der Waals surface area contributed by atoms with Gasteiger partial charge in [-0.2, -0.15) is 15.4 Å². The summed E-state index contributed by atoms with van der Waals surface area (Å²) >= 11 is 0. The molecule has 37 heavy (non-hydrogen) atoms. The number of halogens is 2. The molecule has 1 saturated heterocycles. The first-order valence-electron chi connectivity index (χ1n) is 12.1. The molecule has 0 saturated carbocycles. The summed E-state index contributed by atoms with van der Waals surface area (Å²) < 4.78 is 32.8. The van der Waals surface area contributed by atoms with Crippen molar-refractivity contribution in [2.45, 2.75) is 39.2 Å². The first-order valence-corrected chi connectivity index (χ1v) is 12.1. The number of piperidine rings is 1. The Morgan fingerprint density at radius 1 is 1.30 bits per heavy atom. The molecule has 0 amide bonds. The van der Waals surface area contributed by atoms with Crippen molar-refractivity contribution in [1.82, 2.24) is 19.5 Å². The van der Waals surface area contributed by atoms with Crippen LogP contribution < -0.4 is 15.4 Å². The van der Waals surface area contributed by atoms with Gasteiger partial charge in [-0.05, 0) is 50.5 Å². The lowest BCUT2D eigenvalue weighted by Gasteiger charge is -2.35. The zero-order valence-corrected chi connectivity index (χ0v) is 21.1. The number of likely N-dealkylation sites (tertiary alicyclic amines) is 1. The van der Waals surface area contributed by atoms with Crippen LogP contribution >= 0.6 is 0 Å². The SMILES string of the molecule is COc1nc(NC2CCN(CC(C)(C)C#N)CC2)nn2ccc(-c3ccc(N=N)c(NCC(F)F)c3)c12. The van der Waals surface area contributed by atoms with E-state index in [1.54, 1.807) is 28.9 Å². The van der Waals surface area contributed by atoms with Crippen molar-refractivity contribution in [2.24, 2.45) is 10.5 Å². The van der Waals surface area contributed by atoms with Crippen LogP contribution in [-0.4, -0.2) is 65.3 Å². The average molecular weight is 512 g/mol. The fraction of sp³-hybridized carbons (Fsp3) is 0.480. The minimum atomic E-state index is -2.53. The van der Waals surface area contributed by atoms with Gasteiger partial charge in [0.1, 0.15) is 11.2 Å². The Labute approximate surface area is 214 Å². The van der Waals surface area contributed by atoms with E-state index in [-0.39, 0.29) is 17.1 Å². The van der Waals surface area contributed by atoms with Crippen LogP contribution in [0.5, 0.6) is 5.88 Å². The van der Waals surface area contributed by atoms with Gasteiger partial charge in [0, 0.05) is 37.4 Å². The van der Waals surface area contributed by atoms with Crippen molar-refractivity contribution in [3.8, 4) is 23.1 Å². The van der Waals surface area contributed by atoms with Gasteiger partial charge >= 0.3 is 0 Å². The van der Waals surface area contributed by atoms with Crippen LogP contribution in [0.2, 0.25) is 0 Å². The van der Waals surface area contributed by atoms with Gasteiger partial charge < -0.3 is 20.3 Å². The van der Waals surface area contributed by atoms with Gasteiger partial charge in [-0.15, -0.1) is 5.10 Å². The normalized spacial score (nSPS) is 15.1. The number of ether oxygens (including phenoxy) is 1. The van der Waals surface area contributed by atoms with Crippen LogP contribution in [0.4, 0.5) is 26.1 Å². The molecule has 10 nitrogen and oxygen atoms in total. The molecule has 0 spiro atoms. The number of hydrogen-bond donors (Lipinski definition) is 3. The van der Waals surface area contributed by atoms with Crippen molar-refractivity contribution >= 4 is 22.8 Å². The highest BCUT2D eigenvalue weighted by Gasteiger charge is 2.26. The number of anilines is 2. The van der Waals surface area contributed by atoms with E-state index in [2.05, 4.69) is 36.8 Å². The number of fused-ring (bicyclic) bond motifs is 1. The minimum Gasteiger partial charge on any atom is -0.479 e. The van der Waals surface area contributed by atoms with Crippen molar-refractivity contribution in [2.75, 3.05) is 43.9 Å². The summed E-state index contributed by atoms with van der Waals surface area (Å²) in [4.78, 5) is 6.91. The molecule has 0 bridgehead atoms. The van der Waals surface area contributed by atoms with Gasteiger partial charge in [0.2, 0.25) is 11.8 Å². The molecular weight excluding hydrogens is 480 g/mol. The summed E-state index contributed by atoms with van der Waals surface area (Å²) in [6.45, 7) is 5.89. The van der Waals surface area contributed by atoms with Crippen molar-refractivity contribution in [3.63, 3.8) is 0 Å². The summed E-state index contributed by atoms with van der Waals surface area (Å²) in [6, 6.07) is 9.47. The Balaban J connectivity index is 1.54. The largest absolute Gasteiger partial charge is 0.479 e. The average Bonchev–Trinajstić information content (AvgIpc) is 3.32. The summed E-state index contributed by atoms with van der Waals surface area (Å²) in [5.74, 6) is 0.826. The van der Waals surface area contributed by atoms with E-state index in [0.717, 1.165) is 43.6 Å². The standard InChI is InChI=1S/C25H31F2N9O/c1-25(2,14-28)15-35-9-6-17(7-10-35)31-24-32-23(37-3)22-18(8-11-36(22)34-24)16-4-5-19(33-29)20(12-16)30-13-21(26)27/h4-5,8,11-12,17,21,29-30H,6-7,9-10,13,15H2,1-3H3,(H,31,34). The van der Waals surface area contributed by atoms with E-state index in [0.29, 0.717) is 23.0 Å². The molecule has 1 fully saturated rings. The first-order chi connectivity index (χ1) is 17.7. The maximum atomic E-state index is 12.7. The van der Waals surface area contributed by atoms with Crippen LogP contribution in [0.25, 0.3) is 16.6 Å². The van der Waals surface area contributed by atoms with Crippen LogP contribution in [0.3, 0.4) is 0 Å². The van der Waals surface area contributed by atoms with Crippen LogP contribution in [0.15, 0.2) is 35.6 Å². The van der Waals surface area contributed by atoms with Crippen molar-refractivity contribution in [3.05, 3.63) is 30.5 Å². The number of nitrogens with one attached hydrogen (secondary N) is 3. The molecule has 0 radical (unpaired) electrons. The molecule has 196 valence electrons. The Hall–Kier alpha value is -3.85. The van der Waals surface area contributed by atoms with Crippen LogP contribution in [-0.2, 0) is 0 Å². The second-order valence-corrected chi connectivity index (χ2v) is 9.77. The monoisotopic (exact) mass is 511 g/mol. The van der Waals surface area contributed by atoms with Crippen LogP contribution in [0.1, 0.15) is 26.7 Å². The molecule has 1 aliphatic rings. The van der Waals surface area contributed by atoms with E-state index in [1.165, 1.54) is 7.11 Å². The molecule has 4 rings (SSSR count). The van der Waals surface area contributed by atoms with Crippen LogP contribution in [0, 0.1) is 22.3 Å². The Morgan fingerprint density at radius 2 is 2.05 bits per heavy atom. The molecule has 1 aromatic carbocycles. The number of methoxy groups -OCH3 is 1. The van der Waals surface area contributed by atoms with Gasteiger partial charge in [0.05, 0.1) is 30.8 Å². The quantitative estimate of drug-likeness (QED) is 0.321.